The van der Waals surface area contributed by atoms with E-state index in [-0.39, 0.29) is 18.2 Å². The summed E-state index contributed by atoms with van der Waals surface area (Å²) in [5.41, 5.74) is 1.60. The first-order valence-corrected chi connectivity index (χ1v) is 10.2. The van der Waals surface area contributed by atoms with Crippen LogP contribution in [0.1, 0.15) is 23.7 Å². The van der Waals surface area contributed by atoms with Gasteiger partial charge >= 0.3 is 0 Å². The predicted molar refractivity (Wildman–Crippen MR) is 115 cm³/mol. The average Bonchev–Trinajstić information content (AvgIpc) is 2.75. The van der Waals surface area contributed by atoms with Gasteiger partial charge in [0, 0.05) is 49.7 Å². The number of nitrogens with one attached hydrogen (secondary N) is 1. The third-order valence-corrected chi connectivity index (χ3v) is 5.12. The molecule has 29 heavy (non-hydrogen) atoms. The maximum Gasteiger partial charge on any atom is 0.251 e. The fourth-order valence-electron chi connectivity index (χ4n) is 3.34. The highest BCUT2D eigenvalue weighted by atomic mass is 35.5. The van der Waals surface area contributed by atoms with Crippen LogP contribution in [0.15, 0.2) is 48.5 Å². The zero-order valence-electron chi connectivity index (χ0n) is 16.6. The van der Waals surface area contributed by atoms with Crippen LogP contribution in [0.25, 0.3) is 0 Å². The van der Waals surface area contributed by atoms with E-state index in [2.05, 4.69) is 16.3 Å². The van der Waals surface area contributed by atoms with Crippen molar-refractivity contribution >= 4 is 29.1 Å². The van der Waals surface area contributed by atoms with Crippen molar-refractivity contribution < 1.29 is 14.3 Å². The van der Waals surface area contributed by atoms with Gasteiger partial charge in [-0.3, -0.25) is 9.59 Å². The van der Waals surface area contributed by atoms with Gasteiger partial charge in [0.1, 0.15) is 5.75 Å². The van der Waals surface area contributed by atoms with Crippen LogP contribution in [0.2, 0.25) is 5.02 Å². The zero-order chi connectivity index (χ0) is 20.6. The maximum atomic E-state index is 12.5. The van der Waals surface area contributed by atoms with E-state index in [0.717, 1.165) is 24.5 Å². The van der Waals surface area contributed by atoms with Gasteiger partial charge in [-0.25, -0.2) is 0 Å². The molecule has 0 unspecified atom stereocenters. The molecule has 6 nitrogen and oxygen atoms in total. The smallest absolute Gasteiger partial charge is 0.251 e. The van der Waals surface area contributed by atoms with Crippen molar-refractivity contribution in [3.8, 4) is 5.75 Å². The molecule has 2 amide bonds. The number of nitrogens with zero attached hydrogens (tertiary/aromatic N) is 2. The molecule has 1 aliphatic rings. The van der Waals surface area contributed by atoms with Crippen molar-refractivity contribution in [3.63, 3.8) is 0 Å². The van der Waals surface area contributed by atoms with Crippen molar-refractivity contribution in [1.82, 2.24) is 10.2 Å². The number of carbonyl (C=O) groups excluding carboxylic acids is 2. The quantitative estimate of drug-likeness (QED) is 0.754. The minimum absolute atomic E-state index is 0.0548. The van der Waals surface area contributed by atoms with Crippen molar-refractivity contribution in [2.24, 2.45) is 0 Å². The largest absolute Gasteiger partial charge is 0.492 e. The van der Waals surface area contributed by atoms with Crippen LogP contribution in [-0.2, 0) is 4.79 Å². The van der Waals surface area contributed by atoms with Crippen molar-refractivity contribution in [2.75, 3.05) is 44.2 Å². The van der Waals surface area contributed by atoms with Crippen LogP contribution in [-0.4, -0.2) is 56.0 Å². The SMILES string of the molecule is CCOc1ccccc1N1CCN(C(=O)CCNC(=O)c2ccc(Cl)cc2)CC1. The molecule has 3 rings (SSSR count). The van der Waals surface area contributed by atoms with Gasteiger partial charge in [-0.05, 0) is 43.3 Å². The number of rotatable bonds is 7. The molecule has 0 aromatic heterocycles. The highest BCUT2D eigenvalue weighted by Gasteiger charge is 2.22. The van der Waals surface area contributed by atoms with Gasteiger partial charge in [-0.15, -0.1) is 0 Å². The molecule has 0 atom stereocenters. The third kappa shape index (κ3) is 5.64. The lowest BCUT2D eigenvalue weighted by atomic mass is 10.2. The Balaban J connectivity index is 1.44. The Morgan fingerprint density at radius 3 is 2.41 bits per heavy atom. The van der Waals surface area contributed by atoms with Gasteiger partial charge in [-0.1, -0.05) is 23.7 Å². The normalized spacial score (nSPS) is 13.9. The fourth-order valence-corrected chi connectivity index (χ4v) is 3.46. The Kier molecular flexibility index (Phi) is 7.36. The number of ether oxygens (including phenoxy) is 1. The summed E-state index contributed by atoms with van der Waals surface area (Å²) < 4.78 is 5.71. The molecule has 1 heterocycles. The van der Waals surface area contributed by atoms with E-state index in [1.54, 1.807) is 24.3 Å². The molecule has 0 radical (unpaired) electrons. The molecule has 0 saturated carbocycles. The first-order valence-electron chi connectivity index (χ1n) is 9.87. The van der Waals surface area contributed by atoms with Gasteiger partial charge in [0.15, 0.2) is 0 Å². The standard InChI is InChI=1S/C22H26ClN3O3/c1-2-29-20-6-4-3-5-19(20)25-13-15-26(16-14-25)21(27)11-12-24-22(28)17-7-9-18(23)10-8-17/h3-10H,2,11-16H2,1H3,(H,24,28). The van der Waals surface area contributed by atoms with E-state index < -0.39 is 0 Å². The molecular formula is C22H26ClN3O3. The Bertz CT molecular complexity index is 833. The Hall–Kier alpha value is -2.73. The second-order valence-corrected chi connectivity index (χ2v) is 7.22. The molecule has 1 N–H and O–H groups in total. The topological polar surface area (TPSA) is 61.9 Å². The van der Waals surface area contributed by atoms with Gasteiger partial charge in [0.2, 0.25) is 5.91 Å². The van der Waals surface area contributed by atoms with E-state index in [1.807, 2.05) is 30.0 Å². The van der Waals surface area contributed by atoms with E-state index in [1.165, 1.54) is 0 Å². The van der Waals surface area contributed by atoms with E-state index in [4.69, 9.17) is 16.3 Å². The Labute approximate surface area is 176 Å². The monoisotopic (exact) mass is 415 g/mol. The van der Waals surface area contributed by atoms with E-state index in [0.29, 0.717) is 36.8 Å². The molecule has 1 saturated heterocycles. The second kappa shape index (κ2) is 10.2. The van der Waals surface area contributed by atoms with E-state index >= 15 is 0 Å². The summed E-state index contributed by atoms with van der Waals surface area (Å²) in [7, 11) is 0. The molecule has 0 aliphatic carbocycles. The summed E-state index contributed by atoms with van der Waals surface area (Å²) >= 11 is 5.83. The lowest BCUT2D eigenvalue weighted by Gasteiger charge is -2.36. The minimum atomic E-state index is -0.202. The van der Waals surface area contributed by atoms with Crippen LogP contribution in [0, 0.1) is 0 Å². The number of anilines is 1. The number of hydrogen-bond donors (Lipinski definition) is 1. The van der Waals surface area contributed by atoms with Crippen molar-refractivity contribution in [1.29, 1.82) is 0 Å². The summed E-state index contributed by atoms with van der Waals surface area (Å²) in [6, 6.07) is 14.7. The maximum absolute atomic E-state index is 12.5. The molecule has 1 aliphatic heterocycles. The lowest BCUT2D eigenvalue weighted by molar-refractivity contribution is -0.131. The molecular weight excluding hydrogens is 390 g/mol. The molecule has 2 aromatic rings. The number of halogens is 1. The predicted octanol–water partition coefficient (Wildman–Crippen LogP) is 3.21. The Morgan fingerprint density at radius 1 is 1.03 bits per heavy atom. The number of piperazine rings is 1. The van der Waals surface area contributed by atoms with Crippen molar-refractivity contribution in [3.05, 3.63) is 59.1 Å². The number of carbonyl (C=O) groups is 2. The summed E-state index contributed by atoms with van der Waals surface area (Å²) in [6.07, 6.45) is 0.287. The zero-order valence-corrected chi connectivity index (χ0v) is 17.3. The van der Waals surface area contributed by atoms with E-state index in [9.17, 15) is 9.59 Å². The summed E-state index contributed by atoms with van der Waals surface area (Å²) in [6.45, 7) is 5.73. The minimum Gasteiger partial charge on any atom is -0.492 e. The first kappa shape index (κ1) is 21.0. The first-order chi connectivity index (χ1) is 14.1. The van der Waals surface area contributed by atoms with Crippen LogP contribution in [0.3, 0.4) is 0 Å². The van der Waals surface area contributed by atoms with Crippen LogP contribution < -0.4 is 15.0 Å². The number of amides is 2. The molecule has 1 fully saturated rings. The van der Waals surface area contributed by atoms with Gasteiger partial charge < -0.3 is 19.9 Å². The Morgan fingerprint density at radius 2 is 1.72 bits per heavy atom. The van der Waals surface area contributed by atoms with Gasteiger partial charge in [-0.2, -0.15) is 0 Å². The van der Waals surface area contributed by atoms with Crippen molar-refractivity contribution in [2.45, 2.75) is 13.3 Å². The summed E-state index contributed by atoms with van der Waals surface area (Å²) in [5.74, 6) is 0.727. The third-order valence-electron chi connectivity index (χ3n) is 4.87. The molecule has 7 heteroatoms. The highest BCUT2D eigenvalue weighted by molar-refractivity contribution is 6.30. The second-order valence-electron chi connectivity index (χ2n) is 6.78. The lowest BCUT2D eigenvalue weighted by Crippen LogP contribution is -2.49. The fraction of sp³-hybridized carbons (Fsp3) is 0.364. The molecule has 0 spiro atoms. The van der Waals surface area contributed by atoms with Gasteiger partial charge in [0.05, 0.1) is 12.3 Å². The van der Waals surface area contributed by atoms with Crippen LogP contribution >= 0.6 is 11.6 Å². The molecule has 0 bridgehead atoms. The highest BCUT2D eigenvalue weighted by Crippen LogP contribution is 2.28. The molecule has 154 valence electrons. The number of para-hydroxylation sites is 2. The number of hydrogen-bond acceptors (Lipinski definition) is 4. The summed E-state index contributed by atoms with van der Waals surface area (Å²) in [5, 5.41) is 3.37. The summed E-state index contributed by atoms with van der Waals surface area (Å²) in [4.78, 5) is 28.7. The molecule has 2 aromatic carbocycles. The number of benzene rings is 2. The van der Waals surface area contributed by atoms with Gasteiger partial charge in [0.25, 0.3) is 5.91 Å². The average molecular weight is 416 g/mol. The van der Waals surface area contributed by atoms with Crippen LogP contribution in [0.5, 0.6) is 5.75 Å². The van der Waals surface area contributed by atoms with Crippen LogP contribution in [0.4, 0.5) is 5.69 Å².